The molecular weight excluding hydrogens is 332 g/mol. The van der Waals surface area contributed by atoms with E-state index in [-0.39, 0.29) is 22.8 Å². The molecule has 1 aliphatic rings. The van der Waals surface area contributed by atoms with E-state index in [0.717, 1.165) is 6.42 Å². The number of carbonyl (C=O) groups excluding carboxylic acids is 1. The van der Waals surface area contributed by atoms with Crippen LogP contribution in [-0.2, 0) is 9.53 Å². The van der Waals surface area contributed by atoms with Gasteiger partial charge in [0.05, 0.1) is 22.5 Å². The van der Waals surface area contributed by atoms with Gasteiger partial charge in [0, 0.05) is 32.4 Å². The number of pyridine rings is 1. The molecule has 3 rings (SSSR count). The minimum Gasteiger partial charge on any atom is -0.382 e. The van der Waals surface area contributed by atoms with Gasteiger partial charge < -0.3 is 15.5 Å². The molecule has 0 saturated carbocycles. The van der Waals surface area contributed by atoms with Gasteiger partial charge in [-0.15, -0.1) is 0 Å². The van der Waals surface area contributed by atoms with Crippen molar-refractivity contribution in [1.29, 1.82) is 5.41 Å². The Morgan fingerprint density at radius 1 is 1.42 bits per heavy atom. The number of carbonyl (C=O) groups is 1. The smallest absolute Gasteiger partial charge is 0.265 e. The number of fused-ring (bicyclic) bond motifs is 2. The second-order valence-electron chi connectivity index (χ2n) is 6.09. The molecule has 136 valence electrons. The molecule has 2 N–H and O–H groups in total. The lowest BCUT2D eigenvalue weighted by Crippen LogP contribution is -2.34. The van der Waals surface area contributed by atoms with Crippen LogP contribution in [0.2, 0.25) is 0 Å². The molecule has 7 heteroatoms. The summed E-state index contributed by atoms with van der Waals surface area (Å²) in [5.41, 5.74) is 1.67. The average molecular weight is 354 g/mol. The molecule has 2 heterocycles. The van der Waals surface area contributed by atoms with Gasteiger partial charge in [-0.25, -0.2) is 4.98 Å². The Labute approximate surface area is 151 Å². The van der Waals surface area contributed by atoms with Crippen molar-refractivity contribution < 1.29 is 9.53 Å². The van der Waals surface area contributed by atoms with Crippen molar-refractivity contribution in [3.63, 3.8) is 0 Å². The van der Waals surface area contributed by atoms with Crippen molar-refractivity contribution in [2.45, 2.75) is 25.7 Å². The van der Waals surface area contributed by atoms with Crippen LogP contribution in [0.5, 0.6) is 0 Å². The van der Waals surface area contributed by atoms with Gasteiger partial charge in [0.25, 0.3) is 11.5 Å². The molecule has 26 heavy (non-hydrogen) atoms. The fraction of sp³-hybridized carbons (Fsp3) is 0.368. The molecule has 1 unspecified atom stereocenters. The molecule has 0 aliphatic heterocycles. The molecule has 2 aromatic heterocycles. The van der Waals surface area contributed by atoms with Gasteiger partial charge in [0.2, 0.25) is 0 Å². The van der Waals surface area contributed by atoms with E-state index in [1.807, 2.05) is 13.0 Å². The van der Waals surface area contributed by atoms with E-state index in [2.05, 4.69) is 10.3 Å². The Balaban J connectivity index is 2.13. The van der Waals surface area contributed by atoms with Crippen LogP contribution in [0.3, 0.4) is 0 Å². The van der Waals surface area contributed by atoms with Gasteiger partial charge in [0.15, 0.2) is 0 Å². The maximum absolute atomic E-state index is 12.9. The van der Waals surface area contributed by atoms with Crippen LogP contribution in [0.15, 0.2) is 34.8 Å². The highest BCUT2D eigenvalue weighted by Crippen LogP contribution is 2.32. The number of aromatic nitrogens is 2. The third-order valence-electron chi connectivity index (χ3n) is 4.51. The minimum atomic E-state index is -0.402. The van der Waals surface area contributed by atoms with Crippen molar-refractivity contribution in [2.24, 2.45) is 0 Å². The number of rotatable bonds is 6. The van der Waals surface area contributed by atoms with Gasteiger partial charge >= 0.3 is 0 Å². The van der Waals surface area contributed by atoms with Crippen LogP contribution in [0.4, 0.5) is 0 Å². The monoisotopic (exact) mass is 354 g/mol. The Hall–Kier alpha value is -2.80. The molecule has 1 amide bonds. The van der Waals surface area contributed by atoms with Crippen LogP contribution in [0, 0.1) is 5.41 Å². The largest absolute Gasteiger partial charge is 0.382 e. The van der Waals surface area contributed by atoms with Crippen molar-refractivity contribution >= 4 is 23.3 Å². The molecule has 0 spiro atoms. The van der Waals surface area contributed by atoms with Gasteiger partial charge in [-0.3, -0.25) is 14.0 Å². The summed E-state index contributed by atoms with van der Waals surface area (Å²) in [6.45, 7) is 3.13. The number of nitrogens with zero attached hydrogens (tertiary/aromatic N) is 2. The van der Waals surface area contributed by atoms with E-state index < -0.39 is 5.92 Å². The molecule has 0 saturated heterocycles. The molecule has 0 fully saturated rings. The number of ether oxygens (including phenoxy) is 1. The second-order valence-corrected chi connectivity index (χ2v) is 6.09. The molecule has 1 atom stereocenters. The van der Waals surface area contributed by atoms with Crippen LogP contribution < -0.4 is 10.9 Å². The fourth-order valence-electron chi connectivity index (χ4n) is 3.21. The quantitative estimate of drug-likeness (QED) is 0.773. The van der Waals surface area contributed by atoms with E-state index in [4.69, 9.17) is 10.1 Å². The van der Waals surface area contributed by atoms with E-state index in [9.17, 15) is 9.59 Å². The van der Waals surface area contributed by atoms with Crippen LogP contribution in [-0.4, -0.2) is 41.3 Å². The minimum absolute atomic E-state index is 0.195. The molecule has 7 nitrogen and oxygen atoms in total. The highest BCUT2D eigenvalue weighted by molar-refractivity contribution is 6.26. The van der Waals surface area contributed by atoms with Gasteiger partial charge in [0.1, 0.15) is 5.65 Å². The number of amides is 1. The van der Waals surface area contributed by atoms with Gasteiger partial charge in [-0.2, -0.15) is 0 Å². The lowest BCUT2D eigenvalue weighted by molar-refractivity contribution is -0.116. The fourth-order valence-corrected chi connectivity index (χ4v) is 3.21. The first-order valence-corrected chi connectivity index (χ1v) is 8.70. The predicted molar refractivity (Wildman–Crippen MR) is 99.7 cm³/mol. The molecule has 1 aliphatic carbocycles. The normalized spacial score (nSPS) is 16.3. The molecule has 2 aromatic rings. The number of nitrogens with one attached hydrogen (secondary N) is 2. The van der Waals surface area contributed by atoms with Crippen molar-refractivity contribution in [3.05, 3.63) is 51.6 Å². The van der Waals surface area contributed by atoms with E-state index in [0.29, 0.717) is 36.5 Å². The molecule has 0 aromatic carbocycles. The third kappa shape index (κ3) is 3.17. The predicted octanol–water partition coefficient (Wildman–Crippen LogP) is 1.76. The van der Waals surface area contributed by atoms with E-state index in [1.54, 1.807) is 18.3 Å². The summed E-state index contributed by atoms with van der Waals surface area (Å²) in [5.74, 6) is -0.770. The zero-order chi connectivity index (χ0) is 18.7. The van der Waals surface area contributed by atoms with Gasteiger partial charge in [-0.1, -0.05) is 6.07 Å². The Morgan fingerprint density at radius 2 is 2.23 bits per heavy atom. The number of hydrogen-bond acceptors (Lipinski definition) is 5. The summed E-state index contributed by atoms with van der Waals surface area (Å²) in [6, 6.07) is 5.34. The highest BCUT2D eigenvalue weighted by Gasteiger charge is 2.32. The average Bonchev–Trinajstić information content (AvgIpc) is 2.66. The standard InChI is InChI=1S/C19H22N4O3/c1-3-26-10-6-7-12-16(20)13(18(24)21-2)11-14-17(12)22-15-8-4-5-9-23(15)19(14)25/h4-5,8-9,11-12,20H,3,6-7,10H2,1-2H3,(H,21,24). The zero-order valence-corrected chi connectivity index (χ0v) is 14.9. The molecular formula is C19H22N4O3. The third-order valence-corrected chi connectivity index (χ3v) is 4.51. The first-order valence-electron chi connectivity index (χ1n) is 8.70. The SMILES string of the molecule is CCOCCCC1C(=N)C(C(=O)NC)=Cc2c1nc1ccccn1c2=O. The van der Waals surface area contributed by atoms with Crippen LogP contribution in [0.25, 0.3) is 11.7 Å². The van der Waals surface area contributed by atoms with Crippen LogP contribution in [0.1, 0.15) is 36.9 Å². The maximum Gasteiger partial charge on any atom is 0.265 e. The van der Waals surface area contributed by atoms with Gasteiger partial charge in [-0.05, 0) is 38.0 Å². The molecule has 0 radical (unpaired) electrons. The van der Waals surface area contributed by atoms with E-state index in [1.165, 1.54) is 17.5 Å². The summed E-state index contributed by atoms with van der Waals surface area (Å²) in [5, 5.41) is 11.1. The number of hydrogen-bond donors (Lipinski definition) is 2. The Bertz CT molecular complexity index is 945. The Morgan fingerprint density at radius 3 is 2.96 bits per heavy atom. The zero-order valence-electron chi connectivity index (χ0n) is 14.9. The summed E-state index contributed by atoms with van der Waals surface area (Å²) >= 11 is 0. The lowest BCUT2D eigenvalue weighted by Gasteiger charge is -2.25. The van der Waals surface area contributed by atoms with Crippen molar-refractivity contribution in [3.8, 4) is 0 Å². The molecule has 0 bridgehead atoms. The highest BCUT2D eigenvalue weighted by atomic mass is 16.5. The summed E-state index contributed by atoms with van der Waals surface area (Å²) < 4.78 is 6.85. The summed E-state index contributed by atoms with van der Waals surface area (Å²) in [7, 11) is 1.52. The van der Waals surface area contributed by atoms with Crippen molar-refractivity contribution in [2.75, 3.05) is 20.3 Å². The Kier molecular flexibility index (Phi) is 5.27. The first-order chi connectivity index (χ1) is 12.6. The van der Waals surface area contributed by atoms with E-state index >= 15 is 0 Å². The topological polar surface area (TPSA) is 96.5 Å². The summed E-state index contributed by atoms with van der Waals surface area (Å²) in [4.78, 5) is 29.8. The number of likely N-dealkylation sites (N-methyl/N-ethyl adjacent to an activating group) is 1. The summed E-state index contributed by atoms with van der Waals surface area (Å²) in [6.07, 6.45) is 4.46. The van der Waals surface area contributed by atoms with Crippen LogP contribution >= 0.6 is 0 Å². The first kappa shape index (κ1) is 18.0. The maximum atomic E-state index is 12.9. The van der Waals surface area contributed by atoms with Crippen molar-refractivity contribution in [1.82, 2.24) is 14.7 Å². The second kappa shape index (κ2) is 7.61. The lowest BCUT2D eigenvalue weighted by atomic mass is 9.82.